The largest absolute Gasteiger partial charge is 0.482 e. The van der Waals surface area contributed by atoms with Gasteiger partial charge in [0.05, 0.1) is 0 Å². The van der Waals surface area contributed by atoms with Crippen molar-refractivity contribution in [3.8, 4) is 5.75 Å². The van der Waals surface area contributed by atoms with Crippen molar-refractivity contribution in [3.05, 3.63) is 59.7 Å². The van der Waals surface area contributed by atoms with Crippen LogP contribution in [0, 0.1) is 5.92 Å². The summed E-state index contributed by atoms with van der Waals surface area (Å²) in [5.74, 6) is -0.292. The number of aliphatic carboxylic acids is 1. The maximum Gasteiger partial charge on any atom is 0.341 e. The standard InChI is InChI=1S/C20H21NO4/c22-19(11-14-8-9-15-4-1-2-5-16(15)10-14)21-17-6-3-7-18(12-17)25-13-20(23)24/h1-7,12,14H,8-11,13H2,(H,21,22)(H,23,24). The number of nitrogens with one attached hydrogen (secondary N) is 1. The molecule has 0 radical (unpaired) electrons. The molecule has 0 saturated carbocycles. The molecule has 0 heterocycles. The Kier molecular flexibility index (Phi) is 5.33. The van der Waals surface area contributed by atoms with Crippen LogP contribution < -0.4 is 10.1 Å². The molecule has 1 aliphatic carbocycles. The second-order valence-corrected chi connectivity index (χ2v) is 6.34. The molecule has 0 spiro atoms. The van der Waals surface area contributed by atoms with Crippen LogP contribution in [0.25, 0.3) is 0 Å². The van der Waals surface area contributed by atoms with Crippen molar-refractivity contribution in [2.24, 2.45) is 5.92 Å². The lowest BCUT2D eigenvalue weighted by Crippen LogP contribution is -2.21. The van der Waals surface area contributed by atoms with E-state index >= 15 is 0 Å². The highest BCUT2D eigenvalue weighted by Crippen LogP contribution is 2.28. The molecule has 2 N–H and O–H groups in total. The molecule has 1 atom stereocenters. The number of hydrogen-bond donors (Lipinski definition) is 2. The highest BCUT2D eigenvalue weighted by Gasteiger charge is 2.20. The summed E-state index contributed by atoms with van der Waals surface area (Å²) < 4.78 is 5.13. The van der Waals surface area contributed by atoms with Crippen LogP contribution in [0.4, 0.5) is 5.69 Å². The fourth-order valence-electron chi connectivity index (χ4n) is 3.23. The number of anilines is 1. The number of aryl methyl sites for hydroxylation is 1. The summed E-state index contributed by atoms with van der Waals surface area (Å²) in [5, 5.41) is 11.5. The molecule has 5 nitrogen and oxygen atoms in total. The van der Waals surface area contributed by atoms with Crippen LogP contribution in [-0.2, 0) is 22.4 Å². The van der Waals surface area contributed by atoms with Gasteiger partial charge in [-0.25, -0.2) is 4.79 Å². The first-order valence-corrected chi connectivity index (χ1v) is 8.41. The number of carbonyl (C=O) groups excluding carboxylic acids is 1. The van der Waals surface area contributed by atoms with Crippen molar-refractivity contribution in [2.45, 2.75) is 25.7 Å². The van der Waals surface area contributed by atoms with Crippen LogP contribution in [0.1, 0.15) is 24.0 Å². The van der Waals surface area contributed by atoms with E-state index in [1.165, 1.54) is 11.1 Å². The van der Waals surface area contributed by atoms with E-state index in [0.29, 0.717) is 23.8 Å². The second kappa shape index (κ2) is 7.83. The Hall–Kier alpha value is -2.82. The fraction of sp³-hybridized carbons (Fsp3) is 0.300. The minimum Gasteiger partial charge on any atom is -0.482 e. The smallest absolute Gasteiger partial charge is 0.341 e. The van der Waals surface area contributed by atoms with Gasteiger partial charge in [0, 0.05) is 18.2 Å². The highest BCUT2D eigenvalue weighted by molar-refractivity contribution is 5.91. The van der Waals surface area contributed by atoms with Gasteiger partial charge in [-0.2, -0.15) is 0 Å². The van der Waals surface area contributed by atoms with Crippen molar-refractivity contribution in [1.82, 2.24) is 0 Å². The summed E-state index contributed by atoms with van der Waals surface area (Å²) in [6, 6.07) is 15.2. The Labute approximate surface area is 146 Å². The van der Waals surface area contributed by atoms with Crippen LogP contribution in [-0.4, -0.2) is 23.6 Å². The third-order valence-electron chi connectivity index (χ3n) is 4.40. The average molecular weight is 339 g/mol. The Morgan fingerprint density at radius 1 is 1.12 bits per heavy atom. The number of benzene rings is 2. The molecule has 1 aliphatic rings. The SMILES string of the molecule is O=C(O)COc1cccc(NC(=O)CC2CCc3ccccc3C2)c1. The molecule has 0 saturated heterocycles. The van der Waals surface area contributed by atoms with E-state index in [0.717, 1.165) is 19.3 Å². The van der Waals surface area contributed by atoms with Gasteiger partial charge in [0.25, 0.3) is 0 Å². The molecular formula is C20H21NO4. The number of fused-ring (bicyclic) bond motifs is 1. The summed E-state index contributed by atoms with van der Waals surface area (Å²) in [6.45, 7) is -0.404. The lowest BCUT2D eigenvalue weighted by atomic mass is 9.82. The summed E-state index contributed by atoms with van der Waals surface area (Å²) in [7, 11) is 0. The van der Waals surface area contributed by atoms with Gasteiger partial charge in [-0.15, -0.1) is 0 Å². The van der Waals surface area contributed by atoms with Gasteiger partial charge in [0.2, 0.25) is 5.91 Å². The molecule has 25 heavy (non-hydrogen) atoms. The van der Waals surface area contributed by atoms with Gasteiger partial charge in [-0.1, -0.05) is 30.3 Å². The Morgan fingerprint density at radius 2 is 1.92 bits per heavy atom. The maximum atomic E-state index is 12.3. The zero-order valence-corrected chi connectivity index (χ0v) is 13.9. The second-order valence-electron chi connectivity index (χ2n) is 6.34. The van der Waals surface area contributed by atoms with Crippen LogP contribution in [0.3, 0.4) is 0 Å². The maximum absolute atomic E-state index is 12.3. The number of carboxylic acid groups (broad SMARTS) is 1. The van der Waals surface area contributed by atoms with Crippen molar-refractivity contribution in [2.75, 3.05) is 11.9 Å². The molecule has 0 aliphatic heterocycles. The molecule has 2 aromatic rings. The van der Waals surface area contributed by atoms with E-state index in [9.17, 15) is 9.59 Å². The van der Waals surface area contributed by atoms with E-state index in [-0.39, 0.29) is 5.91 Å². The van der Waals surface area contributed by atoms with Crippen molar-refractivity contribution < 1.29 is 19.4 Å². The highest BCUT2D eigenvalue weighted by atomic mass is 16.5. The molecule has 2 aromatic carbocycles. The van der Waals surface area contributed by atoms with Crippen LogP contribution in [0.5, 0.6) is 5.75 Å². The normalized spacial score (nSPS) is 15.9. The molecular weight excluding hydrogens is 318 g/mol. The summed E-state index contributed by atoms with van der Waals surface area (Å²) in [5.41, 5.74) is 3.35. The van der Waals surface area contributed by atoms with Gasteiger partial charge in [-0.05, 0) is 48.4 Å². The van der Waals surface area contributed by atoms with Crippen molar-refractivity contribution in [3.63, 3.8) is 0 Å². The molecule has 0 fully saturated rings. The predicted molar refractivity (Wildman–Crippen MR) is 94.8 cm³/mol. The summed E-state index contributed by atoms with van der Waals surface area (Å²) in [6.07, 6.45) is 3.46. The number of amides is 1. The van der Waals surface area contributed by atoms with E-state index in [2.05, 4.69) is 23.5 Å². The topological polar surface area (TPSA) is 75.6 Å². The van der Waals surface area contributed by atoms with Crippen LogP contribution >= 0.6 is 0 Å². The fourth-order valence-corrected chi connectivity index (χ4v) is 3.23. The van der Waals surface area contributed by atoms with E-state index < -0.39 is 12.6 Å². The molecule has 1 unspecified atom stereocenters. The molecule has 1 amide bonds. The Bertz CT molecular complexity index is 772. The van der Waals surface area contributed by atoms with Gasteiger partial charge >= 0.3 is 5.97 Å². The van der Waals surface area contributed by atoms with Gasteiger partial charge in [0.15, 0.2) is 6.61 Å². The third-order valence-corrected chi connectivity index (χ3v) is 4.40. The van der Waals surface area contributed by atoms with E-state index in [1.807, 2.05) is 6.07 Å². The molecule has 5 heteroatoms. The van der Waals surface area contributed by atoms with Crippen LogP contribution in [0.2, 0.25) is 0 Å². The number of ether oxygens (including phenoxy) is 1. The summed E-state index contributed by atoms with van der Waals surface area (Å²) >= 11 is 0. The zero-order chi connectivity index (χ0) is 17.6. The quantitative estimate of drug-likeness (QED) is 0.847. The molecule has 3 rings (SSSR count). The molecule has 0 aromatic heterocycles. The first-order chi connectivity index (χ1) is 12.1. The Balaban J connectivity index is 1.54. The number of hydrogen-bond acceptors (Lipinski definition) is 3. The Morgan fingerprint density at radius 3 is 2.72 bits per heavy atom. The first kappa shape index (κ1) is 17.0. The first-order valence-electron chi connectivity index (χ1n) is 8.41. The van der Waals surface area contributed by atoms with Crippen molar-refractivity contribution in [1.29, 1.82) is 0 Å². The average Bonchev–Trinajstić information content (AvgIpc) is 2.60. The molecule has 0 bridgehead atoms. The zero-order valence-electron chi connectivity index (χ0n) is 13.9. The predicted octanol–water partition coefficient (Wildman–Crippen LogP) is 3.28. The minimum absolute atomic E-state index is 0.0280. The van der Waals surface area contributed by atoms with Crippen molar-refractivity contribution >= 4 is 17.6 Å². The number of carboxylic acids is 1. The number of rotatable bonds is 6. The lowest BCUT2D eigenvalue weighted by molar-refractivity contribution is -0.139. The van der Waals surface area contributed by atoms with Gasteiger partial charge < -0.3 is 15.2 Å². The monoisotopic (exact) mass is 339 g/mol. The van der Waals surface area contributed by atoms with E-state index in [4.69, 9.17) is 9.84 Å². The van der Waals surface area contributed by atoms with E-state index in [1.54, 1.807) is 24.3 Å². The van der Waals surface area contributed by atoms with Gasteiger partial charge in [-0.3, -0.25) is 4.79 Å². The number of carbonyl (C=O) groups is 2. The van der Waals surface area contributed by atoms with Gasteiger partial charge in [0.1, 0.15) is 5.75 Å². The lowest BCUT2D eigenvalue weighted by Gasteiger charge is -2.24. The minimum atomic E-state index is -1.04. The molecule has 130 valence electrons. The van der Waals surface area contributed by atoms with Crippen LogP contribution in [0.15, 0.2) is 48.5 Å². The third kappa shape index (κ3) is 4.83. The summed E-state index contributed by atoms with van der Waals surface area (Å²) in [4.78, 5) is 22.9.